The predicted octanol–water partition coefficient (Wildman–Crippen LogP) is 3.23. The third-order valence-corrected chi connectivity index (χ3v) is 5.07. The van der Waals surface area contributed by atoms with E-state index in [2.05, 4.69) is 43.8 Å². The normalized spacial score (nSPS) is 20.4. The molecule has 1 atom stereocenters. The second-order valence-electron chi connectivity index (χ2n) is 4.31. The van der Waals surface area contributed by atoms with E-state index in [1.807, 2.05) is 0 Å². The Morgan fingerprint density at radius 3 is 3.12 bits per heavy atom. The molecule has 2 aromatic heterocycles. The Morgan fingerprint density at radius 2 is 2.41 bits per heavy atom. The van der Waals surface area contributed by atoms with Gasteiger partial charge in [-0.1, -0.05) is 22.9 Å². The molecule has 3 heterocycles. The number of anilines is 1. The van der Waals surface area contributed by atoms with Crippen molar-refractivity contribution in [2.45, 2.75) is 24.6 Å². The van der Waals surface area contributed by atoms with Crippen LogP contribution in [0.25, 0.3) is 10.2 Å². The molecule has 5 heteroatoms. The fraction of sp³-hybridized carbons (Fsp3) is 0.500. The Morgan fingerprint density at radius 1 is 1.53 bits per heavy atom. The topological polar surface area (TPSA) is 29.0 Å². The van der Waals surface area contributed by atoms with E-state index < -0.39 is 0 Å². The zero-order valence-electron chi connectivity index (χ0n) is 9.69. The Bertz CT molecular complexity index is 540. The number of fused-ring (bicyclic) bond motifs is 1. The molecule has 17 heavy (non-hydrogen) atoms. The minimum atomic E-state index is 0.594. The van der Waals surface area contributed by atoms with Gasteiger partial charge in [-0.25, -0.2) is 9.97 Å². The molecule has 0 aliphatic carbocycles. The molecule has 0 amide bonds. The zero-order chi connectivity index (χ0) is 11.8. The van der Waals surface area contributed by atoms with Crippen molar-refractivity contribution in [3.05, 3.63) is 17.3 Å². The van der Waals surface area contributed by atoms with E-state index >= 15 is 0 Å². The van der Waals surface area contributed by atoms with Crippen molar-refractivity contribution in [3.8, 4) is 0 Å². The highest BCUT2D eigenvalue weighted by Crippen LogP contribution is 2.32. The molecule has 3 nitrogen and oxygen atoms in total. The second-order valence-corrected chi connectivity index (χ2v) is 6.72. The van der Waals surface area contributed by atoms with Crippen LogP contribution in [0, 0.1) is 0 Å². The van der Waals surface area contributed by atoms with Crippen molar-refractivity contribution in [2.24, 2.45) is 0 Å². The number of aryl methyl sites for hydroxylation is 1. The Hall–Kier alpha value is -0.680. The van der Waals surface area contributed by atoms with Gasteiger partial charge in [-0.3, -0.25) is 0 Å². The lowest BCUT2D eigenvalue weighted by molar-refractivity contribution is 0.941. The lowest BCUT2D eigenvalue weighted by atomic mass is 10.3. The molecule has 0 N–H and O–H groups in total. The van der Waals surface area contributed by atoms with E-state index in [0.717, 1.165) is 30.2 Å². The van der Waals surface area contributed by atoms with Crippen LogP contribution >= 0.6 is 27.3 Å². The summed E-state index contributed by atoms with van der Waals surface area (Å²) in [5, 5.41) is 1.22. The fourth-order valence-corrected chi connectivity index (χ4v) is 3.71. The highest BCUT2D eigenvalue weighted by molar-refractivity contribution is 9.09. The summed E-state index contributed by atoms with van der Waals surface area (Å²) in [5.74, 6) is 1.10. The van der Waals surface area contributed by atoms with Gasteiger partial charge in [0.25, 0.3) is 0 Å². The largest absolute Gasteiger partial charge is 0.355 e. The summed E-state index contributed by atoms with van der Waals surface area (Å²) >= 11 is 5.46. The molecular weight excluding hydrogens is 298 g/mol. The SMILES string of the molecule is CCc1cc2c(N3CCC(Br)C3)ncnc2s1. The standard InChI is InChI=1S/C12H14BrN3S/c1-2-9-5-10-11(14-7-15-12(10)17-9)16-4-3-8(13)6-16/h5,7-8H,2-4,6H2,1H3. The molecule has 0 aromatic carbocycles. The summed E-state index contributed by atoms with van der Waals surface area (Å²) in [4.78, 5) is 14.3. The van der Waals surface area contributed by atoms with Crippen LogP contribution < -0.4 is 4.90 Å². The van der Waals surface area contributed by atoms with E-state index in [9.17, 15) is 0 Å². The van der Waals surface area contributed by atoms with Crippen LogP contribution in [0.4, 0.5) is 5.82 Å². The van der Waals surface area contributed by atoms with E-state index in [1.54, 1.807) is 17.7 Å². The summed E-state index contributed by atoms with van der Waals surface area (Å²) in [6.45, 7) is 4.31. The molecule has 0 radical (unpaired) electrons. The van der Waals surface area contributed by atoms with Gasteiger partial charge in [0.2, 0.25) is 0 Å². The van der Waals surface area contributed by atoms with Gasteiger partial charge in [0.15, 0.2) is 0 Å². The van der Waals surface area contributed by atoms with Gasteiger partial charge in [0.05, 0.1) is 5.39 Å². The van der Waals surface area contributed by atoms with Crippen LogP contribution in [0.2, 0.25) is 0 Å². The van der Waals surface area contributed by atoms with Crippen LogP contribution in [0.3, 0.4) is 0 Å². The zero-order valence-corrected chi connectivity index (χ0v) is 12.1. The molecule has 3 rings (SSSR count). The average molecular weight is 312 g/mol. The Kier molecular flexibility index (Phi) is 3.04. The van der Waals surface area contributed by atoms with Crippen LogP contribution in [-0.4, -0.2) is 27.9 Å². The lowest BCUT2D eigenvalue weighted by Gasteiger charge is -2.16. The first-order valence-electron chi connectivity index (χ1n) is 5.90. The number of rotatable bonds is 2. The maximum Gasteiger partial charge on any atom is 0.140 e. The molecule has 1 aliphatic rings. The first-order chi connectivity index (χ1) is 8.28. The number of alkyl halides is 1. The third kappa shape index (κ3) is 2.06. The summed E-state index contributed by atoms with van der Waals surface area (Å²) in [7, 11) is 0. The smallest absolute Gasteiger partial charge is 0.140 e. The van der Waals surface area contributed by atoms with Crippen molar-refractivity contribution in [2.75, 3.05) is 18.0 Å². The Balaban J connectivity index is 2.06. The maximum absolute atomic E-state index is 4.47. The highest BCUT2D eigenvalue weighted by Gasteiger charge is 2.23. The molecule has 0 bridgehead atoms. The molecular formula is C12H14BrN3S. The minimum Gasteiger partial charge on any atom is -0.355 e. The summed E-state index contributed by atoms with van der Waals surface area (Å²) in [5.41, 5.74) is 0. The van der Waals surface area contributed by atoms with E-state index in [1.165, 1.54) is 16.7 Å². The lowest BCUT2D eigenvalue weighted by Crippen LogP contribution is -2.20. The van der Waals surface area contributed by atoms with Crippen LogP contribution in [0.1, 0.15) is 18.2 Å². The minimum absolute atomic E-state index is 0.594. The molecule has 0 saturated carbocycles. The third-order valence-electron chi connectivity index (χ3n) is 3.14. The van der Waals surface area contributed by atoms with Crippen LogP contribution in [-0.2, 0) is 6.42 Å². The number of hydrogen-bond acceptors (Lipinski definition) is 4. The number of hydrogen-bond donors (Lipinski definition) is 0. The maximum atomic E-state index is 4.47. The second kappa shape index (κ2) is 4.53. The average Bonchev–Trinajstić information content (AvgIpc) is 2.93. The van der Waals surface area contributed by atoms with Gasteiger partial charge in [-0.05, 0) is 18.9 Å². The van der Waals surface area contributed by atoms with Crippen molar-refractivity contribution < 1.29 is 0 Å². The van der Waals surface area contributed by atoms with E-state index in [-0.39, 0.29) is 0 Å². The van der Waals surface area contributed by atoms with Crippen molar-refractivity contribution in [1.29, 1.82) is 0 Å². The number of aromatic nitrogens is 2. The van der Waals surface area contributed by atoms with Crippen LogP contribution in [0.15, 0.2) is 12.4 Å². The molecule has 1 aliphatic heterocycles. The summed E-state index contributed by atoms with van der Waals surface area (Å²) in [6, 6.07) is 2.25. The van der Waals surface area contributed by atoms with Crippen molar-refractivity contribution in [1.82, 2.24) is 9.97 Å². The molecule has 2 aromatic rings. The monoisotopic (exact) mass is 311 g/mol. The first kappa shape index (κ1) is 11.4. The Labute approximate surface area is 113 Å². The highest BCUT2D eigenvalue weighted by atomic mass is 79.9. The molecule has 1 unspecified atom stereocenters. The van der Waals surface area contributed by atoms with Crippen molar-refractivity contribution >= 4 is 43.3 Å². The van der Waals surface area contributed by atoms with Gasteiger partial charge >= 0.3 is 0 Å². The first-order valence-corrected chi connectivity index (χ1v) is 7.63. The molecule has 1 saturated heterocycles. The summed E-state index contributed by atoms with van der Waals surface area (Å²) < 4.78 is 0. The van der Waals surface area contributed by atoms with Crippen LogP contribution in [0.5, 0.6) is 0 Å². The van der Waals surface area contributed by atoms with Gasteiger partial charge in [-0.15, -0.1) is 11.3 Å². The van der Waals surface area contributed by atoms with E-state index in [0.29, 0.717) is 4.83 Å². The molecule has 1 fully saturated rings. The fourth-order valence-electron chi connectivity index (χ4n) is 2.23. The van der Waals surface area contributed by atoms with E-state index in [4.69, 9.17) is 0 Å². The van der Waals surface area contributed by atoms with Crippen molar-refractivity contribution in [3.63, 3.8) is 0 Å². The van der Waals surface area contributed by atoms with Gasteiger partial charge in [0.1, 0.15) is 17.0 Å². The van der Waals surface area contributed by atoms with Gasteiger partial charge < -0.3 is 4.90 Å². The number of halogens is 1. The quantitative estimate of drug-likeness (QED) is 0.797. The summed E-state index contributed by atoms with van der Waals surface area (Å²) in [6.07, 6.45) is 3.95. The molecule has 0 spiro atoms. The number of nitrogens with zero attached hydrogens (tertiary/aromatic N) is 3. The number of thiophene rings is 1. The predicted molar refractivity (Wildman–Crippen MR) is 76.3 cm³/mol. The van der Waals surface area contributed by atoms with Gasteiger partial charge in [-0.2, -0.15) is 0 Å². The molecule has 90 valence electrons. The van der Waals surface area contributed by atoms with Gasteiger partial charge in [0, 0.05) is 22.8 Å².